The maximum absolute atomic E-state index is 14.0. The third-order valence-electron chi connectivity index (χ3n) is 4.80. The summed E-state index contributed by atoms with van der Waals surface area (Å²) in [5, 5.41) is 0. The van der Waals surface area contributed by atoms with Gasteiger partial charge in [-0.2, -0.15) is 0 Å². The third-order valence-corrected chi connectivity index (χ3v) is 4.80. The Morgan fingerprint density at radius 1 is 1.08 bits per heavy atom. The number of carbonyl (C=O) groups is 1. The molecule has 2 nitrogen and oxygen atoms in total. The molecule has 1 heterocycles. The van der Waals surface area contributed by atoms with Crippen LogP contribution in [0.1, 0.15) is 42.1 Å². The topological polar surface area (TPSA) is 20.3 Å². The van der Waals surface area contributed by atoms with Crippen LogP contribution in [0.4, 0.5) is 8.78 Å². The van der Waals surface area contributed by atoms with E-state index in [1.54, 1.807) is 30.3 Å². The fourth-order valence-electron chi connectivity index (χ4n) is 3.48. The van der Waals surface area contributed by atoms with Crippen molar-refractivity contribution in [2.45, 2.75) is 44.7 Å². The fourth-order valence-corrected chi connectivity index (χ4v) is 3.48. The molecule has 0 unspecified atom stereocenters. The normalized spacial score (nSPS) is 20.4. The van der Waals surface area contributed by atoms with Gasteiger partial charge in [0.1, 0.15) is 11.6 Å². The van der Waals surface area contributed by atoms with E-state index in [9.17, 15) is 13.6 Å². The summed E-state index contributed by atoms with van der Waals surface area (Å²) in [5.41, 5.74) is 1.19. The van der Waals surface area contributed by atoms with Crippen molar-refractivity contribution in [3.8, 4) is 0 Å². The number of carbonyl (C=O) groups excluding carboxylic acids is 1. The van der Waals surface area contributed by atoms with E-state index in [0.717, 1.165) is 31.2 Å². The van der Waals surface area contributed by atoms with Crippen LogP contribution < -0.4 is 0 Å². The Hall–Kier alpha value is -2.23. The summed E-state index contributed by atoms with van der Waals surface area (Å²) in [6.45, 7) is 2.01. The summed E-state index contributed by atoms with van der Waals surface area (Å²) < 4.78 is 26.9. The molecule has 0 radical (unpaired) electrons. The molecule has 0 N–H and O–H groups in total. The number of hydrogen-bond acceptors (Lipinski definition) is 1. The van der Waals surface area contributed by atoms with E-state index in [-0.39, 0.29) is 29.4 Å². The van der Waals surface area contributed by atoms with Crippen LogP contribution in [0.25, 0.3) is 0 Å². The second kappa shape index (κ2) is 7.12. The summed E-state index contributed by atoms with van der Waals surface area (Å²) in [6, 6.07) is 12.8. The summed E-state index contributed by atoms with van der Waals surface area (Å²) in [5.74, 6) is -0.953. The minimum Gasteiger partial charge on any atom is -0.333 e. The van der Waals surface area contributed by atoms with Gasteiger partial charge in [-0.1, -0.05) is 24.3 Å². The number of aryl methyl sites for hydroxylation is 1. The Balaban J connectivity index is 1.72. The van der Waals surface area contributed by atoms with Gasteiger partial charge in [-0.15, -0.1) is 0 Å². The zero-order chi connectivity index (χ0) is 17.1. The molecule has 0 bridgehead atoms. The summed E-state index contributed by atoms with van der Waals surface area (Å²) >= 11 is 0. The van der Waals surface area contributed by atoms with Crippen LogP contribution in [-0.4, -0.2) is 22.9 Å². The Morgan fingerprint density at radius 2 is 1.79 bits per heavy atom. The van der Waals surface area contributed by atoms with Crippen LogP contribution in [0.15, 0.2) is 48.5 Å². The first-order chi connectivity index (χ1) is 11.6. The predicted octanol–water partition coefficient (Wildman–Crippen LogP) is 4.59. The van der Waals surface area contributed by atoms with Gasteiger partial charge >= 0.3 is 0 Å². The highest BCUT2D eigenvalue weighted by Crippen LogP contribution is 2.29. The SMILES string of the molecule is C[C@@H]1CC[C@H](CCc2ccc(F)cc2)N1C(=O)c1ccccc1F. The summed E-state index contributed by atoms with van der Waals surface area (Å²) in [6.07, 6.45) is 3.42. The van der Waals surface area contributed by atoms with E-state index in [1.165, 1.54) is 18.2 Å². The Bertz CT molecular complexity index is 714. The second-order valence-electron chi connectivity index (χ2n) is 6.44. The van der Waals surface area contributed by atoms with Gasteiger partial charge in [-0.05, 0) is 62.4 Å². The lowest BCUT2D eigenvalue weighted by atomic mass is 10.0. The molecule has 126 valence electrons. The monoisotopic (exact) mass is 329 g/mol. The highest BCUT2D eigenvalue weighted by Gasteiger charge is 2.35. The van der Waals surface area contributed by atoms with Gasteiger partial charge in [0.15, 0.2) is 0 Å². The smallest absolute Gasteiger partial charge is 0.257 e. The number of hydrogen-bond donors (Lipinski definition) is 0. The Morgan fingerprint density at radius 3 is 2.50 bits per heavy atom. The molecule has 1 saturated heterocycles. The second-order valence-corrected chi connectivity index (χ2v) is 6.44. The molecule has 2 aromatic carbocycles. The highest BCUT2D eigenvalue weighted by molar-refractivity contribution is 5.95. The van der Waals surface area contributed by atoms with Crippen molar-refractivity contribution in [2.75, 3.05) is 0 Å². The number of likely N-dealkylation sites (tertiary alicyclic amines) is 1. The van der Waals surface area contributed by atoms with Crippen LogP contribution >= 0.6 is 0 Å². The van der Waals surface area contributed by atoms with Crippen molar-refractivity contribution < 1.29 is 13.6 Å². The lowest BCUT2D eigenvalue weighted by Gasteiger charge is -2.29. The molecule has 0 aromatic heterocycles. The maximum atomic E-state index is 14.0. The number of benzene rings is 2. The molecule has 2 aromatic rings. The maximum Gasteiger partial charge on any atom is 0.257 e. The highest BCUT2D eigenvalue weighted by atomic mass is 19.1. The minimum absolute atomic E-state index is 0.0946. The van der Waals surface area contributed by atoms with Gasteiger partial charge in [0.05, 0.1) is 5.56 Å². The van der Waals surface area contributed by atoms with Crippen molar-refractivity contribution in [1.29, 1.82) is 0 Å². The quantitative estimate of drug-likeness (QED) is 0.803. The molecule has 4 heteroatoms. The minimum atomic E-state index is -0.473. The fraction of sp³-hybridized carbons (Fsp3) is 0.350. The van der Waals surface area contributed by atoms with E-state index in [2.05, 4.69) is 0 Å². The molecule has 1 fully saturated rings. The standard InChI is InChI=1S/C20H21F2NO/c1-14-6-12-17(13-9-15-7-10-16(21)11-8-15)23(14)20(24)18-4-2-3-5-19(18)22/h2-5,7-8,10-11,14,17H,6,9,12-13H2,1H3/t14-,17-/m1/s1. The largest absolute Gasteiger partial charge is 0.333 e. The van der Waals surface area contributed by atoms with Crippen molar-refractivity contribution in [2.24, 2.45) is 0 Å². The summed E-state index contributed by atoms with van der Waals surface area (Å²) in [4.78, 5) is 14.6. The van der Waals surface area contributed by atoms with E-state index < -0.39 is 5.82 Å². The Kier molecular flexibility index (Phi) is 4.93. The lowest BCUT2D eigenvalue weighted by Crippen LogP contribution is -2.40. The zero-order valence-corrected chi connectivity index (χ0v) is 13.7. The molecule has 3 rings (SSSR count). The number of amides is 1. The number of nitrogens with zero attached hydrogens (tertiary/aromatic N) is 1. The van der Waals surface area contributed by atoms with E-state index in [1.807, 2.05) is 11.8 Å². The average molecular weight is 329 g/mol. The zero-order valence-electron chi connectivity index (χ0n) is 13.7. The van der Waals surface area contributed by atoms with Crippen LogP contribution in [0.2, 0.25) is 0 Å². The molecule has 1 amide bonds. The first-order valence-electron chi connectivity index (χ1n) is 8.38. The van der Waals surface area contributed by atoms with Crippen molar-refractivity contribution in [3.05, 3.63) is 71.3 Å². The molecule has 0 aliphatic carbocycles. The van der Waals surface area contributed by atoms with Gasteiger partial charge in [-0.25, -0.2) is 8.78 Å². The summed E-state index contributed by atoms with van der Waals surface area (Å²) in [7, 11) is 0. The van der Waals surface area contributed by atoms with Gasteiger partial charge in [0, 0.05) is 12.1 Å². The van der Waals surface area contributed by atoms with Crippen LogP contribution in [0.5, 0.6) is 0 Å². The number of rotatable bonds is 4. The predicted molar refractivity (Wildman–Crippen MR) is 89.8 cm³/mol. The van der Waals surface area contributed by atoms with Gasteiger partial charge < -0.3 is 4.90 Å². The molecule has 1 aliphatic heterocycles. The molecule has 0 saturated carbocycles. The van der Waals surface area contributed by atoms with Crippen molar-refractivity contribution in [1.82, 2.24) is 4.90 Å². The lowest BCUT2D eigenvalue weighted by molar-refractivity contribution is 0.0668. The van der Waals surface area contributed by atoms with Gasteiger partial charge in [-0.3, -0.25) is 4.79 Å². The van der Waals surface area contributed by atoms with E-state index in [0.29, 0.717) is 0 Å². The van der Waals surface area contributed by atoms with Crippen molar-refractivity contribution in [3.63, 3.8) is 0 Å². The van der Waals surface area contributed by atoms with Crippen LogP contribution in [0, 0.1) is 11.6 Å². The molecular weight excluding hydrogens is 308 g/mol. The average Bonchev–Trinajstić information content (AvgIpc) is 2.95. The molecule has 0 spiro atoms. The molecule has 1 aliphatic rings. The van der Waals surface area contributed by atoms with Crippen LogP contribution in [-0.2, 0) is 6.42 Å². The van der Waals surface area contributed by atoms with Gasteiger partial charge in [0.2, 0.25) is 0 Å². The van der Waals surface area contributed by atoms with Crippen LogP contribution in [0.3, 0.4) is 0 Å². The third kappa shape index (κ3) is 3.48. The van der Waals surface area contributed by atoms with E-state index in [4.69, 9.17) is 0 Å². The first kappa shape index (κ1) is 16.6. The Labute approximate surface area is 141 Å². The number of halogens is 2. The molecular formula is C20H21F2NO. The molecule has 2 atom stereocenters. The van der Waals surface area contributed by atoms with E-state index >= 15 is 0 Å². The molecule has 24 heavy (non-hydrogen) atoms. The van der Waals surface area contributed by atoms with Gasteiger partial charge in [0.25, 0.3) is 5.91 Å². The first-order valence-corrected chi connectivity index (χ1v) is 8.38. The van der Waals surface area contributed by atoms with Crippen molar-refractivity contribution >= 4 is 5.91 Å².